The molecule has 0 saturated carbocycles. The molecule has 0 spiro atoms. The Hall–Kier alpha value is -1.82. The SMILES string of the molecule is CCC[C@H](C)NC(=O)[C@@H]1CCCN(CC(=O)NCc2ccco2)C1. The van der Waals surface area contributed by atoms with E-state index in [4.69, 9.17) is 4.42 Å². The average Bonchev–Trinajstić information content (AvgIpc) is 3.07. The Balaban J connectivity index is 1.73. The molecule has 2 atom stereocenters. The summed E-state index contributed by atoms with van der Waals surface area (Å²) in [6.45, 7) is 6.41. The van der Waals surface area contributed by atoms with Crippen molar-refractivity contribution in [2.24, 2.45) is 5.92 Å². The van der Waals surface area contributed by atoms with E-state index in [1.807, 2.05) is 13.0 Å². The highest BCUT2D eigenvalue weighted by atomic mass is 16.3. The van der Waals surface area contributed by atoms with Gasteiger partial charge >= 0.3 is 0 Å². The van der Waals surface area contributed by atoms with Crippen molar-refractivity contribution < 1.29 is 14.0 Å². The Bertz CT molecular complexity index is 516. The highest BCUT2D eigenvalue weighted by Gasteiger charge is 2.27. The van der Waals surface area contributed by atoms with E-state index in [2.05, 4.69) is 22.5 Å². The molecule has 0 aliphatic carbocycles. The number of hydrogen-bond acceptors (Lipinski definition) is 4. The first-order valence-corrected chi connectivity index (χ1v) is 8.90. The van der Waals surface area contributed by atoms with Crippen molar-refractivity contribution in [3.05, 3.63) is 24.2 Å². The molecule has 6 heteroatoms. The zero-order valence-electron chi connectivity index (χ0n) is 14.7. The lowest BCUT2D eigenvalue weighted by Crippen LogP contribution is -2.47. The van der Waals surface area contributed by atoms with Gasteiger partial charge in [0, 0.05) is 12.6 Å². The van der Waals surface area contributed by atoms with Crippen LogP contribution in [0.2, 0.25) is 0 Å². The van der Waals surface area contributed by atoms with E-state index >= 15 is 0 Å². The summed E-state index contributed by atoms with van der Waals surface area (Å²) in [5.41, 5.74) is 0. The quantitative estimate of drug-likeness (QED) is 0.761. The van der Waals surface area contributed by atoms with Gasteiger partial charge < -0.3 is 15.1 Å². The molecule has 2 amide bonds. The topological polar surface area (TPSA) is 74.6 Å². The molecule has 6 nitrogen and oxygen atoms in total. The summed E-state index contributed by atoms with van der Waals surface area (Å²) >= 11 is 0. The van der Waals surface area contributed by atoms with Crippen LogP contribution in [0.15, 0.2) is 22.8 Å². The number of nitrogens with one attached hydrogen (secondary N) is 2. The third kappa shape index (κ3) is 6.00. The first-order chi connectivity index (χ1) is 11.6. The molecular weight excluding hydrogens is 306 g/mol. The maximum atomic E-state index is 12.3. The molecule has 1 saturated heterocycles. The van der Waals surface area contributed by atoms with Crippen molar-refractivity contribution in [3.8, 4) is 0 Å². The molecule has 2 heterocycles. The highest BCUT2D eigenvalue weighted by molar-refractivity contribution is 5.80. The van der Waals surface area contributed by atoms with Gasteiger partial charge in [0.15, 0.2) is 0 Å². The van der Waals surface area contributed by atoms with Gasteiger partial charge in [-0.1, -0.05) is 13.3 Å². The van der Waals surface area contributed by atoms with Gasteiger partial charge in [-0.2, -0.15) is 0 Å². The summed E-state index contributed by atoms with van der Waals surface area (Å²) in [5, 5.41) is 5.94. The van der Waals surface area contributed by atoms with Gasteiger partial charge in [-0.15, -0.1) is 0 Å². The van der Waals surface area contributed by atoms with Crippen LogP contribution >= 0.6 is 0 Å². The van der Waals surface area contributed by atoms with Gasteiger partial charge in [-0.3, -0.25) is 14.5 Å². The van der Waals surface area contributed by atoms with Crippen LogP contribution in [0.1, 0.15) is 45.3 Å². The second-order valence-corrected chi connectivity index (χ2v) is 6.63. The number of carbonyl (C=O) groups excluding carboxylic acids is 2. The fourth-order valence-corrected chi connectivity index (χ4v) is 3.14. The lowest BCUT2D eigenvalue weighted by atomic mass is 9.96. The molecule has 134 valence electrons. The maximum Gasteiger partial charge on any atom is 0.234 e. The molecule has 0 radical (unpaired) electrons. The summed E-state index contributed by atoms with van der Waals surface area (Å²) in [6.07, 6.45) is 5.50. The summed E-state index contributed by atoms with van der Waals surface area (Å²) in [7, 11) is 0. The van der Waals surface area contributed by atoms with Crippen LogP contribution in [0, 0.1) is 5.92 Å². The molecule has 0 bridgehead atoms. The van der Waals surface area contributed by atoms with Gasteiger partial charge in [0.2, 0.25) is 11.8 Å². The number of rotatable bonds is 8. The Morgan fingerprint density at radius 3 is 3.00 bits per heavy atom. The predicted molar refractivity (Wildman–Crippen MR) is 92.2 cm³/mol. The van der Waals surface area contributed by atoms with Crippen LogP contribution in [0.4, 0.5) is 0 Å². The molecule has 2 rings (SSSR count). The number of furan rings is 1. The predicted octanol–water partition coefficient (Wildman–Crippen LogP) is 1.91. The first kappa shape index (κ1) is 18.5. The van der Waals surface area contributed by atoms with E-state index in [9.17, 15) is 9.59 Å². The minimum atomic E-state index is -0.0354. The molecular formula is C18H29N3O3. The summed E-state index contributed by atoms with van der Waals surface area (Å²) < 4.78 is 5.20. The molecule has 1 aliphatic rings. The van der Waals surface area contributed by atoms with Gasteiger partial charge in [-0.05, 0) is 44.9 Å². The van der Waals surface area contributed by atoms with Crippen LogP contribution in [0.25, 0.3) is 0 Å². The van der Waals surface area contributed by atoms with Crippen molar-refractivity contribution in [1.82, 2.24) is 15.5 Å². The monoisotopic (exact) mass is 335 g/mol. The van der Waals surface area contributed by atoms with Gasteiger partial charge in [0.05, 0.1) is 25.3 Å². The third-order valence-corrected chi connectivity index (χ3v) is 4.39. The number of amides is 2. The lowest BCUT2D eigenvalue weighted by Gasteiger charge is -2.32. The molecule has 1 aromatic heterocycles. The standard InChI is InChI=1S/C18H29N3O3/c1-3-6-14(2)20-18(23)15-7-4-9-21(12-15)13-17(22)19-11-16-8-5-10-24-16/h5,8,10,14-15H,3-4,6-7,9,11-13H2,1-2H3,(H,19,22)(H,20,23)/t14-,15+/m0/s1. The van der Waals surface area contributed by atoms with Crippen LogP contribution in [0.3, 0.4) is 0 Å². The first-order valence-electron chi connectivity index (χ1n) is 8.90. The number of hydrogen-bond donors (Lipinski definition) is 2. The number of carbonyl (C=O) groups is 2. The van der Waals surface area contributed by atoms with Gasteiger partial charge in [0.25, 0.3) is 0 Å². The molecule has 1 fully saturated rings. The van der Waals surface area contributed by atoms with E-state index in [-0.39, 0.29) is 23.8 Å². The lowest BCUT2D eigenvalue weighted by molar-refractivity contribution is -0.129. The van der Waals surface area contributed by atoms with E-state index in [0.717, 1.165) is 38.0 Å². The van der Waals surface area contributed by atoms with Crippen molar-refractivity contribution in [3.63, 3.8) is 0 Å². The highest BCUT2D eigenvalue weighted by Crippen LogP contribution is 2.17. The van der Waals surface area contributed by atoms with E-state index in [0.29, 0.717) is 19.6 Å². The smallest absolute Gasteiger partial charge is 0.234 e. The van der Waals surface area contributed by atoms with E-state index in [1.165, 1.54) is 0 Å². The molecule has 1 aliphatic heterocycles. The van der Waals surface area contributed by atoms with Crippen LogP contribution < -0.4 is 10.6 Å². The summed E-state index contributed by atoms with van der Waals surface area (Å²) in [5.74, 6) is 0.809. The van der Waals surface area contributed by atoms with Gasteiger partial charge in [0.1, 0.15) is 5.76 Å². The normalized spacial score (nSPS) is 19.7. The molecule has 2 N–H and O–H groups in total. The van der Waals surface area contributed by atoms with Crippen LogP contribution in [0.5, 0.6) is 0 Å². The Morgan fingerprint density at radius 2 is 2.29 bits per heavy atom. The zero-order valence-corrected chi connectivity index (χ0v) is 14.7. The number of piperidine rings is 1. The van der Waals surface area contributed by atoms with Crippen molar-refractivity contribution in [2.45, 2.75) is 52.1 Å². The molecule has 0 unspecified atom stereocenters. The Morgan fingerprint density at radius 1 is 1.46 bits per heavy atom. The zero-order chi connectivity index (χ0) is 17.4. The van der Waals surface area contributed by atoms with E-state index < -0.39 is 0 Å². The van der Waals surface area contributed by atoms with Crippen molar-refractivity contribution >= 4 is 11.8 Å². The Kier molecular flexibility index (Phi) is 7.31. The maximum absolute atomic E-state index is 12.3. The number of likely N-dealkylation sites (tertiary alicyclic amines) is 1. The van der Waals surface area contributed by atoms with Crippen LogP contribution in [-0.2, 0) is 16.1 Å². The summed E-state index contributed by atoms with van der Waals surface area (Å²) in [6, 6.07) is 3.85. The van der Waals surface area contributed by atoms with Crippen molar-refractivity contribution in [2.75, 3.05) is 19.6 Å². The van der Waals surface area contributed by atoms with E-state index in [1.54, 1.807) is 12.3 Å². The minimum Gasteiger partial charge on any atom is -0.467 e. The third-order valence-electron chi connectivity index (χ3n) is 4.39. The molecule has 24 heavy (non-hydrogen) atoms. The fourth-order valence-electron chi connectivity index (χ4n) is 3.14. The fraction of sp³-hybridized carbons (Fsp3) is 0.667. The largest absolute Gasteiger partial charge is 0.467 e. The van der Waals surface area contributed by atoms with Crippen molar-refractivity contribution in [1.29, 1.82) is 0 Å². The minimum absolute atomic E-state index is 0.0177. The van der Waals surface area contributed by atoms with Crippen LogP contribution in [-0.4, -0.2) is 42.4 Å². The molecule has 0 aromatic carbocycles. The number of nitrogens with zero attached hydrogens (tertiary/aromatic N) is 1. The van der Waals surface area contributed by atoms with Gasteiger partial charge in [-0.25, -0.2) is 0 Å². The molecule has 1 aromatic rings. The second-order valence-electron chi connectivity index (χ2n) is 6.63. The summed E-state index contributed by atoms with van der Waals surface area (Å²) in [4.78, 5) is 26.5. The average molecular weight is 335 g/mol. The Labute approximate surface area is 144 Å². The second kappa shape index (κ2) is 9.47.